The minimum Gasteiger partial charge on any atom is -0.480 e. The lowest BCUT2D eigenvalue weighted by atomic mass is 10.2. The fraction of sp³-hybridized carbons (Fsp3) is 0.182. The number of amides is 1. The molecule has 0 saturated carbocycles. The van der Waals surface area contributed by atoms with Crippen LogP contribution in [0.15, 0.2) is 24.3 Å². The average molecular weight is 233 g/mol. The van der Waals surface area contributed by atoms with E-state index in [9.17, 15) is 9.59 Å². The van der Waals surface area contributed by atoms with Gasteiger partial charge in [0.1, 0.15) is 0 Å². The molecule has 0 spiro atoms. The van der Waals surface area contributed by atoms with E-state index in [-0.39, 0.29) is 19.0 Å². The number of nitrogens with one attached hydrogen (secondary N) is 2. The van der Waals surface area contributed by atoms with E-state index in [0.717, 1.165) is 0 Å². The van der Waals surface area contributed by atoms with Crippen LogP contribution in [0, 0.1) is 11.3 Å². The molecule has 17 heavy (non-hydrogen) atoms. The molecule has 0 saturated heterocycles. The molecule has 0 atom stereocenters. The van der Waals surface area contributed by atoms with Crippen molar-refractivity contribution in [3.63, 3.8) is 0 Å². The van der Waals surface area contributed by atoms with Gasteiger partial charge in [-0.2, -0.15) is 5.26 Å². The largest absolute Gasteiger partial charge is 0.480 e. The number of carbonyl (C=O) groups excluding carboxylic acids is 1. The Kier molecular flexibility index (Phi) is 4.66. The van der Waals surface area contributed by atoms with Gasteiger partial charge in [0.15, 0.2) is 0 Å². The summed E-state index contributed by atoms with van der Waals surface area (Å²) >= 11 is 0. The number of rotatable bonds is 5. The fourth-order valence-corrected chi connectivity index (χ4v) is 1.12. The van der Waals surface area contributed by atoms with E-state index in [2.05, 4.69) is 10.6 Å². The number of nitrogens with zero attached hydrogens (tertiary/aromatic N) is 1. The first-order valence-electron chi connectivity index (χ1n) is 4.84. The topological polar surface area (TPSA) is 102 Å². The zero-order chi connectivity index (χ0) is 12.7. The maximum Gasteiger partial charge on any atom is 0.317 e. The quantitative estimate of drug-likeness (QED) is 0.672. The molecule has 1 aromatic carbocycles. The maximum absolute atomic E-state index is 11.3. The third-order valence-corrected chi connectivity index (χ3v) is 1.86. The van der Waals surface area contributed by atoms with Gasteiger partial charge in [-0.15, -0.1) is 0 Å². The Balaban J connectivity index is 2.40. The van der Waals surface area contributed by atoms with Crippen molar-refractivity contribution < 1.29 is 14.7 Å². The lowest BCUT2D eigenvalue weighted by Gasteiger charge is -2.05. The highest BCUT2D eigenvalue weighted by atomic mass is 16.4. The minimum absolute atomic E-state index is 0.0771. The molecule has 1 aromatic rings. The molecule has 0 aliphatic rings. The molecule has 0 aliphatic carbocycles. The van der Waals surface area contributed by atoms with Crippen LogP contribution in [0.4, 0.5) is 5.69 Å². The van der Waals surface area contributed by atoms with E-state index in [1.54, 1.807) is 24.3 Å². The van der Waals surface area contributed by atoms with Crippen LogP contribution in [0.1, 0.15) is 5.56 Å². The molecule has 1 amide bonds. The Morgan fingerprint density at radius 2 is 1.88 bits per heavy atom. The van der Waals surface area contributed by atoms with Crippen LogP contribution in [-0.4, -0.2) is 30.1 Å². The molecule has 0 radical (unpaired) electrons. The third-order valence-electron chi connectivity index (χ3n) is 1.86. The second kappa shape index (κ2) is 6.25. The second-order valence-electron chi connectivity index (χ2n) is 3.23. The van der Waals surface area contributed by atoms with Crippen LogP contribution in [0.3, 0.4) is 0 Å². The Hall–Kier alpha value is -2.39. The van der Waals surface area contributed by atoms with Gasteiger partial charge in [0, 0.05) is 5.69 Å². The molecule has 6 heteroatoms. The van der Waals surface area contributed by atoms with Crippen LogP contribution < -0.4 is 10.6 Å². The van der Waals surface area contributed by atoms with Gasteiger partial charge in [-0.1, -0.05) is 0 Å². The summed E-state index contributed by atoms with van der Waals surface area (Å²) in [6.07, 6.45) is 0. The molecule has 0 aliphatic heterocycles. The smallest absolute Gasteiger partial charge is 0.317 e. The van der Waals surface area contributed by atoms with E-state index < -0.39 is 5.97 Å². The number of carboxylic acids is 1. The van der Waals surface area contributed by atoms with Crippen LogP contribution in [0.5, 0.6) is 0 Å². The number of benzene rings is 1. The lowest BCUT2D eigenvalue weighted by Crippen LogP contribution is -2.31. The summed E-state index contributed by atoms with van der Waals surface area (Å²) in [7, 11) is 0. The van der Waals surface area contributed by atoms with Gasteiger partial charge >= 0.3 is 5.97 Å². The molecule has 0 bridgehead atoms. The van der Waals surface area contributed by atoms with Gasteiger partial charge in [0.05, 0.1) is 24.7 Å². The molecule has 0 aromatic heterocycles. The van der Waals surface area contributed by atoms with Crippen molar-refractivity contribution in [3.8, 4) is 6.07 Å². The molecule has 0 unspecified atom stereocenters. The summed E-state index contributed by atoms with van der Waals surface area (Å²) in [6, 6.07) is 8.34. The number of nitriles is 1. The number of hydrogen-bond acceptors (Lipinski definition) is 4. The van der Waals surface area contributed by atoms with Crippen molar-refractivity contribution in [1.82, 2.24) is 5.32 Å². The standard InChI is InChI=1S/C11H11N3O3/c12-5-8-1-3-9(4-2-8)14-10(15)6-13-7-11(16)17/h1-4,13H,6-7H2,(H,14,15)(H,16,17). The summed E-state index contributed by atoms with van der Waals surface area (Å²) in [4.78, 5) is 21.5. The second-order valence-corrected chi connectivity index (χ2v) is 3.23. The first kappa shape index (κ1) is 12.7. The molecule has 0 fully saturated rings. The highest BCUT2D eigenvalue weighted by molar-refractivity contribution is 5.92. The molecular formula is C11H11N3O3. The Morgan fingerprint density at radius 1 is 1.24 bits per heavy atom. The first-order valence-corrected chi connectivity index (χ1v) is 4.84. The first-order chi connectivity index (χ1) is 8.11. The van der Waals surface area contributed by atoms with Crippen molar-refractivity contribution in [2.24, 2.45) is 0 Å². The minimum atomic E-state index is -1.02. The van der Waals surface area contributed by atoms with E-state index >= 15 is 0 Å². The summed E-state index contributed by atoms with van der Waals surface area (Å²) in [5, 5.41) is 22.0. The van der Waals surface area contributed by atoms with Gasteiger partial charge in [-0.25, -0.2) is 0 Å². The van der Waals surface area contributed by atoms with Crippen molar-refractivity contribution in [2.45, 2.75) is 0 Å². The van der Waals surface area contributed by atoms with E-state index in [4.69, 9.17) is 10.4 Å². The number of carboxylic acid groups (broad SMARTS) is 1. The van der Waals surface area contributed by atoms with Gasteiger partial charge < -0.3 is 10.4 Å². The molecule has 3 N–H and O–H groups in total. The summed E-state index contributed by atoms with van der Waals surface area (Å²) in [5.41, 5.74) is 1.07. The molecule has 0 heterocycles. The summed E-state index contributed by atoms with van der Waals surface area (Å²) in [5.74, 6) is -1.35. The van der Waals surface area contributed by atoms with Gasteiger partial charge in [-0.3, -0.25) is 14.9 Å². The molecule has 6 nitrogen and oxygen atoms in total. The predicted octanol–water partition coefficient (Wildman–Crippen LogP) is 0.171. The van der Waals surface area contributed by atoms with Gasteiger partial charge in [-0.05, 0) is 24.3 Å². The average Bonchev–Trinajstić information content (AvgIpc) is 2.29. The van der Waals surface area contributed by atoms with Gasteiger partial charge in [0.2, 0.25) is 5.91 Å². The van der Waals surface area contributed by atoms with Gasteiger partial charge in [0.25, 0.3) is 0 Å². The Labute approximate surface area is 97.9 Å². The van der Waals surface area contributed by atoms with Crippen molar-refractivity contribution in [3.05, 3.63) is 29.8 Å². The summed E-state index contributed by atoms with van der Waals surface area (Å²) < 4.78 is 0. The fourth-order valence-electron chi connectivity index (χ4n) is 1.12. The predicted molar refractivity (Wildman–Crippen MR) is 60.3 cm³/mol. The lowest BCUT2D eigenvalue weighted by molar-refractivity contribution is -0.135. The number of anilines is 1. The monoisotopic (exact) mass is 233 g/mol. The number of aliphatic carboxylic acids is 1. The van der Waals surface area contributed by atoms with Crippen molar-refractivity contribution in [1.29, 1.82) is 5.26 Å². The van der Waals surface area contributed by atoms with Crippen LogP contribution >= 0.6 is 0 Å². The van der Waals surface area contributed by atoms with E-state index in [1.165, 1.54) is 0 Å². The van der Waals surface area contributed by atoms with Crippen LogP contribution in [0.25, 0.3) is 0 Å². The van der Waals surface area contributed by atoms with Crippen LogP contribution in [-0.2, 0) is 9.59 Å². The zero-order valence-corrected chi connectivity index (χ0v) is 8.93. The van der Waals surface area contributed by atoms with Crippen molar-refractivity contribution in [2.75, 3.05) is 18.4 Å². The Bertz CT molecular complexity index is 448. The molecule has 88 valence electrons. The van der Waals surface area contributed by atoms with Crippen molar-refractivity contribution >= 4 is 17.6 Å². The van der Waals surface area contributed by atoms with E-state index in [0.29, 0.717) is 11.3 Å². The van der Waals surface area contributed by atoms with E-state index in [1.807, 2.05) is 6.07 Å². The number of carbonyl (C=O) groups is 2. The highest BCUT2D eigenvalue weighted by Crippen LogP contribution is 2.08. The normalized spacial score (nSPS) is 9.35. The zero-order valence-electron chi connectivity index (χ0n) is 8.93. The SMILES string of the molecule is N#Cc1ccc(NC(=O)CNCC(=O)O)cc1. The maximum atomic E-state index is 11.3. The third kappa shape index (κ3) is 4.77. The highest BCUT2D eigenvalue weighted by Gasteiger charge is 2.03. The summed E-state index contributed by atoms with van der Waals surface area (Å²) in [6.45, 7) is -0.340. The Morgan fingerprint density at radius 3 is 2.41 bits per heavy atom. The molecular weight excluding hydrogens is 222 g/mol. The van der Waals surface area contributed by atoms with Crippen LogP contribution in [0.2, 0.25) is 0 Å². The molecule has 1 rings (SSSR count). The number of hydrogen-bond donors (Lipinski definition) is 3.